The lowest BCUT2D eigenvalue weighted by molar-refractivity contribution is -0.117. The molecular weight excluding hydrogens is 382 g/mol. The van der Waals surface area contributed by atoms with Crippen molar-refractivity contribution in [2.75, 3.05) is 29.9 Å². The fourth-order valence-corrected chi connectivity index (χ4v) is 4.01. The van der Waals surface area contributed by atoms with Gasteiger partial charge in [0.15, 0.2) is 5.65 Å². The third-order valence-corrected chi connectivity index (χ3v) is 5.35. The second-order valence-corrected chi connectivity index (χ2v) is 7.31. The molecule has 1 aliphatic rings. The molecule has 0 fully saturated rings. The normalized spacial score (nSPS) is 13.2. The average Bonchev–Trinajstić information content (AvgIpc) is 3.05. The van der Waals surface area contributed by atoms with Gasteiger partial charge in [-0.15, -0.1) is 0 Å². The van der Waals surface area contributed by atoms with Crippen LogP contribution in [0.3, 0.4) is 0 Å². The Kier molecular flexibility index (Phi) is 5.39. The van der Waals surface area contributed by atoms with E-state index in [-0.39, 0.29) is 19.1 Å². The van der Waals surface area contributed by atoms with Crippen molar-refractivity contribution in [3.8, 4) is 0 Å². The maximum Gasteiger partial charge on any atom is 0.341 e. The highest BCUT2D eigenvalue weighted by molar-refractivity contribution is 6.06. The number of para-hydroxylation sites is 1. The summed E-state index contributed by atoms with van der Waals surface area (Å²) in [6.45, 7) is 4.59. The number of benzene rings is 1. The summed E-state index contributed by atoms with van der Waals surface area (Å²) in [7, 11) is 1.80. The molecule has 2 aromatic heterocycles. The number of aryl methyl sites for hydroxylation is 3. The number of fused-ring (bicyclic) bond motifs is 2. The van der Waals surface area contributed by atoms with Gasteiger partial charge in [0.1, 0.15) is 5.56 Å². The van der Waals surface area contributed by atoms with E-state index in [0.29, 0.717) is 23.4 Å². The van der Waals surface area contributed by atoms with Gasteiger partial charge in [-0.1, -0.05) is 18.2 Å². The van der Waals surface area contributed by atoms with Crippen molar-refractivity contribution in [3.05, 3.63) is 47.3 Å². The van der Waals surface area contributed by atoms with E-state index in [1.165, 1.54) is 11.8 Å². The second-order valence-electron chi connectivity index (χ2n) is 7.31. The Balaban J connectivity index is 1.66. The summed E-state index contributed by atoms with van der Waals surface area (Å²) < 4.78 is 6.85. The highest BCUT2D eigenvalue weighted by Crippen LogP contribution is 2.30. The Morgan fingerprint density at radius 3 is 2.87 bits per heavy atom. The first kappa shape index (κ1) is 19.9. The van der Waals surface area contributed by atoms with Crippen LogP contribution in [-0.2, 0) is 23.0 Å². The molecule has 30 heavy (non-hydrogen) atoms. The molecule has 156 valence electrons. The van der Waals surface area contributed by atoms with Crippen molar-refractivity contribution < 1.29 is 14.3 Å². The monoisotopic (exact) mass is 407 g/mol. The van der Waals surface area contributed by atoms with Gasteiger partial charge in [-0.3, -0.25) is 9.48 Å². The topological polar surface area (TPSA) is 89.3 Å². The molecule has 3 aromatic rings. The Morgan fingerprint density at radius 2 is 2.07 bits per heavy atom. The van der Waals surface area contributed by atoms with Gasteiger partial charge in [-0.05, 0) is 38.3 Å². The number of hydrogen-bond donors (Lipinski definition) is 1. The minimum absolute atomic E-state index is 0.0498. The summed E-state index contributed by atoms with van der Waals surface area (Å²) in [5.41, 5.74) is 4.33. The van der Waals surface area contributed by atoms with Crippen molar-refractivity contribution in [2.24, 2.45) is 7.05 Å². The van der Waals surface area contributed by atoms with Crippen LogP contribution in [0.4, 0.5) is 11.4 Å². The lowest BCUT2D eigenvalue weighted by Gasteiger charge is -2.29. The van der Waals surface area contributed by atoms with Gasteiger partial charge in [0.2, 0.25) is 5.91 Å². The summed E-state index contributed by atoms with van der Waals surface area (Å²) in [4.78, 5) is 31.8. The van der Waals surface area contributed by atoms with Gasteiger partial charge < -0.3 is 15.0 Å². The van der Waals surface area contributed by atoms with Crippen LogP contribution in [0.1, 0.15) is 35.0 Å². The van der Waals surface area contributed by atoms with Crippen LogP contribution in [0.2, 0.25) is 0 Å². The van der Waals surface area contributed by atoms with Gasteiger partial charge in [0, 0.05) is 25.5 Å². The van der Waals surface area contributed by atoms with Crippen LogP contribution in [0.15, 0.2) is 30.5 Å². The molecule has 1 amide bonds. The first-order valence-corrected chi connectivity index (χ1v) is 10.1. The van der Waals surface area contributed by atoms with E-state index in [0.717, 1.165) is 29.6 Å². The van der Waals surface area contributed by atoms with Crippen LogP contribution in [0.5, 0.6) is 0 Å². The summed E-state index contributed by atoms with van der Waals surface area (Å²) in [5.74, 6) is -0.531. The summed E-state index contributed by atoms with van der Waals surface area (Å²) >= 11 is 0. The summed E-state index contributed by atoms with van der Waals surface area (Å²) in [6, 6.07) is 7.98. The number of hydrogen-bond acceptors (Lipinski definition) is 6. The number of amides is 1. The molecule has 1 aromatic carbocycles. The molecule has 0 bridgehead atoms. The molecule has 1 N–H and O–H groups in total. The SMILES string of the molecule is CCOC(=O)c1cnc2c(c(C)nn2C)c1NCC(=O)N1CCCc2ccccc21. The van der Waals surface area contributed by atoms with Gasteiger partial charge in [0.05, 0.1) is 29.9 Å². The third-order valence-electron chi connectivity index (χ3n) is 5.35. The van der Waals surface area contributed by atoms with Crippen LogP contribution < -0.4 is 10.2 Å². The van der Waals surface area contributed by atoms with Gasteiger partial charge in [0.25, 0.3) is 0 Å². The van der Waals surface area contributed by atoms with E-state index in [9.17, 15) is 9.59 Å². The molecule has 0 saturated heterocycles. The second kappa shape index (κ2) is 8.14. The number of carbonyl (C=O) groups excluding carboxylic acids is 2. The van der Waals surface area contributed by atoms with Crippen LogP contribution in [0, 0.1) is 6.92 Å². The zero-order valence-electron chi connectivity index (χ0n) is 17.4. The summed E-state index contributed by atoms with van der Waals surface area (Å²) in [5, 5.41) is 8.32. The average molecular weight is 407 g/mol. The standard InChI is InChI=1S/C22H25N5O3/c1-4-30-22(29)16-12-24-21-19(14(2)25-26(21)3)20(16)23-13-18(28)27-11-7-9-15-8-5-6-10-17(15)27/h5-6,8,10,12H,4,7,9,11,13H2,1-3H3,(H,23,24). The fraction of sp³-hybridized carbons (Fsp3) is 0.364. The number of aromatic nitrogens is 3. The van der Waals surface area contributed by atoms with Crippen molar-refractivity contribution in [1.82, 2.24) is 14.8 Å². The first-order valence-electron chi connectivity index (χ1n) is 10.1. The lowest BCUT2D eigenvalue weighted by Crippen LogP contribution is -2.39. The molecule has 3 heterocycles. The smallest absolute Gasteiger partial charge is 0.341 e. The molecule has 0 aliphatic carbocycles. The third kappa shape index (κ3) is 3.49. The minimum atomic E-state index is -0.478. The molecular formula is C22H25N5O3. The number of nitrogens with one attached hydrogen (secondary N) is 1. The highest BCUT2D eigenvalue weighted by atomic mass is 16.5. The molecule has 0 spiro atoms. The summed E-state index contributed by atoms with van der Waals surface area (Å²) in [6.07, 6.45) is 3.38. The molecule has 1 aliphatic heterocycles. The van der Waals surface area contributed by atoms with Crippen molar-refractivity contribution in [1.29, 1.82) is 0 Å². The Morgan fingerprint density at radius 1 is 1.27 bits per heavy atom. The zero-order valence-corrected chi connectivity index (χ0v) is 17.4. The highest BCUT2D eigenvalue weighted by Gasteiger charge is 2.24. The Labute approximate surface area is 174 Å². The maximum absolute atomic E-state index is 13.1. The largest absolute Gasteiger partial charge is 0.462 e. The van der Waals surface area contributed by atoms with E-state index in [4.69, 9.17) is 4.74 Å². The number of esters is 1. The van der Waals surface area contributed by atoms with E-state index >= 15 is 0 Å². The molecule has 0 unspecified atom stereocenters. The fourth-order valence-electron chi connectivity index (χ4n) is 4.01. The zero-order chi connectivity index (χ0) is 21.3. The van der Waals surface area contributed by atoms with Crippen LogP contribution >= 0.6 is 0 Å². The molecule has 0 atom stereocenters. The van der Waals surface area contributed by atoms with Gasteiger partial charge >= 0.3 is 5.97 Å². The number of carbonyl (C=O) groups is 2. The molecule has 0 radical (unpaired) electrons. The van der Waals surface area contributed by atoms with Gasteiger partial charge in [-0.25, -0.2) is 9.78 Å². The molecule has 8 heteroatoms. The van der Waals surface area contributed by atoms with E-state index in [2.05, 4.69) is 21.5 Å². The molecule has 8 nitrogen and oxygen atoms in total. The number of pyridine rings is 1. The molecule has 0 saturated carbocycles. The van der Waals surface area contributed by atoms with Crippen LogP contribution in [0.25, 0.3) is 11.0 Å². The predicted molar refractivity (Wildman–Crippen MR) is 115 cm³/mol. The minimum Gasteiger partial charge on any atom is -0.462 e. The number of anilines is 2. The lowest BCUT2D eigenvalue weighted by atomic mass is 10.0. The Bertz CT molecular complexity index is 1120. The quantitative estimate of drug-likeness (QED) is 0.654. The van der Waals surface area contributed by atoms with E-state index in [1.807, 2.05) is 30.0 Å². The maximum atomic E-state index is 13.1. The van der Waals surface area contributed by atoms with Crippen molar-refractivity contribution in [3.63, 3.8) is 0 Å². The number of nitrogens with zero attached hydrogens (tertiary/aromatic N) is 4. The Hall–Kier alpha value is -3.42. The van der Waals surface area contributed by atoms with E-state index < -0.39 is 5.97 Å². The van der Waals surface area contributed by atoms with Crippen molar-refractivity contribution >= 4 is 34.3 Å². The van der Waals surface area contributed by atoms with Crippen molar-refractivity contribution in [2.45, 2.75) is 26.7 Å². The van der Waals surface area contributed by atoms with Gasteiger partial charge in [-0.2, -0.15) is 5.10 Å². The van der Waals surface area contributed by atoms with E-state index in [1.54, 1.807) is 18.7 Å². The van der Waals surface area contributed by atoms with Crippen LogP contribution in [-0.4, -0.2) is 46.3 Å². The number of ether oxygens (including phenoxy) is 1. The number of rotatable bonds is 5. The first-order chi connectivity index (χ1) is 14.5. The molecule has 4 rings (SSSR count). The predicted octanol–water partition coefficient (Wildman–Crippen LogP) is 2.84.